The highest BCUT2D eigenvalue weighted by molar-refractivity contribution is 5.61. The van der Waals surface area contributed by atoms with Crippen LogP contribution >= 0.6 is 0 Å². The standard InChI is InChI=1S/C28H25N3O3/c1-33-22-12-8-20(9-13-22)17-25-28(32)31-18-26(21-10-14-23(34-2)15-11-21)29-24(27(31)30-25)16-19-6-4-3-5-7-19/h3-15,18,29H,16-17H2,1-2H3. The first-order valence-corrected chi connectivity index (χ1v) is 11.1. The maximum Gasteiger partial charge on any atom is 0.278 e. The molecule has 5 rings (SSSR count). The first kappa shape index (κ1) is 21.5. The molecule has 0 spiro atoms. The molecule has 2 aliphatic heterocycles. The van der Waals surface area contributed by atoms with Gasteiger partial charge in [-0.05, 0) is 53.1 Å². The SMILES string of the molecule is COc1ccc(Cc2nc3c(Cc4ccccc4)[nH]c(-c4ccc(OC)cc4)cn-3c2=O)cc1. The Morgan fingerprint density at radius 3 is 2.06 bits per heavy atom. The molecule has 0 unspecified atom stereocenters. The fourth-order valence-corrected chi connectivity index (χ4v) is 4.07. The molecule has 0 fully saturated rings. The van der Waals surface area contributed by atoms with Gasteiger partial charge in [0.15, 0.2) is 5.82 Å². The smallest absolute Gasteiger partial charge is 0.278 e. The van der Waals surface area contributed by atoms with Crippen molar-refractivity contribution in [1.29, 1.82) is 0 Å². The predicted octanol–water partition coefficient (Wildman–Crippen LogP) is 4.86. The van der Waals surface area contributed by atoms with Gasteiger partial charge >= 0.3 is 0 Å². The maximum absolute atomic E-state index is 13.4. The van der Waals surface area contributed by atoms with E-state index in [1.165, 1.54) is 0 Å². The van der Waals surface area contributed by atoms with Crippen LogP contribution < -0.4 is 15.0 Å². The quantitative estimate of drug-likeness (QED) is 0.384. The van der Waals surface area contributed by atoms with E-state index in [-0.39, 0.29) is 5.56 Å². The Kier molecular flexibility index (Phi) is 5.87. The molecule has 0 radical (unpaired) electrons. The van der Waals surface area contributed by atoms with Crippen molar-refractivity contribution in [3.8, 4) is 28.6 Å². The molecule has 3 aromatic carbocycles. The van der Waals surface area contributed by atoms with Crippen molar-refractivity contribution >= 4 is 0 Å². The lowest BCUT2D eigenvalue weighted by atomic mass is 10.1. The molecular weight excluding hydrogens is 426 g/mol. The monoisotopic (exact) mass is 451 g/mol. The lowest BCUT2D eigenvalue weighted by molar-refractivity contribution is 0.414. The molecule has 6 heteroatoms. The summed E-state index contributed by atoms with van der Waals surface area (Å²) in [6.45, 7) is 0. The van der Waals surface area contributed by atoms with Crippen molar-refractivity contribution in [2.75, 3.05) is 14.2 Å². The van der Waals surface area contributed by atoms with E-state index >= 15 is 0 Å². The second-order valence-electron chi connectivity index (χ2n) is 8.12. The van der Waals surface area contributed by atoms with Crippen LogP contribution in [0.2, 0.25) is 0 Å². The highest BCUT2D eigenvalue weighted by Gasteiger charge is 2.20. The number of hydrogen-bond donors (Lipinski definition) is 1. The largest absolute Gasteiger partial charge is 0.497 e. The molecule has 0 saturated heterocycles. The lowest BCUT2D eigenvalue weighted by Gasteiger charge is -2.13. The van der Waals surface area contributed by atoms with E-state index in [1.807, 2.05) is 72.9 Å². The summed E-state index contributed by atoms with van der Waals surface area (Å²) in [5, 5.41) is 0. The zero-order valence-electron chi connectivity index (χ0n) is 19.1. The maximum atomic E-state index is 13.4. The summed E-state index contributed by atoms with van der Waals surface area (Å²) in [5.41, 5.74) is 5.24. The molecule has 2 heterocycles. The number of fused-ring (bicyclic) bond motifs is 1. The third-order valence-corrected chi connectivity index (χ3v) is 5.90. The Hall–Kier alpha value is -4.32. The molecule has 0 amide bonds. The van der Waals surface area contributed by atoms with Crippen LogP contribution in [0.3, 0.4) is 0 Å². The Bertz CT molecular complexity index is 1420. The van der Waals surface area contributed by atoms with E-state index in [2.05, 4.69) is 17.1 Å². The van der Waals surface area contributed by atoms with E-state index < -0.39 is 0 Å². The van der Waals surface area contributed by atoms with Crippen molar-refractivity contribution in [2.24, 2.45) is 0 Å². The minimum absolute atomic E-state index is 0.108. The summed E-state index contributed by atoms with van der Waals surface area (Å²) in [5.74, 6) is 2.21. The predicted molar refractivity (Wildman–Crippen MR) is 132 cm³/mol. The average Bonchev–Trinajstić information content (AvgIpc) is 3.20. The van der Waals surface area contributed by atoms with Crippen molar-refractivity contribution < 1.29 is 9.47 Å². The molecule has 0 aromatic heterocycles. The number of hydrogen-bond acceptors (Lipinski definition) is 4. The molecule has 0 saturated carbocycles. The molecule has 2 aliphatic rings. The van der Waals surface area contributed by atoms with Crippen molar-refractivity contribution in [2.45, 2.75) is 12.8 Å². The molecule has 3 aromatic rings. The minimum atomic E-state index is -0.108. The summed E-state index contributed by atoms with van der Waals surface area (Å²) in [6.07, 6.45) is 2.92. The number of benzene rings is 3. The molecule has 0 aliphatic carbocycles. The lowest BCUT2D eigenvalue weighted by Crippen LogP contribution is -2.17. The summed E-state index contributed by atoms with van der Waals surface area (Å²) >= 11 is 0. The summed E-state index contributed by atoms with van der Waals surface area (Å²) in [7, 11) is 3.28. The Labute approximate surface area is 197 Å². The van der Waals surface area contributed by atoms with Crippen LogP contribution in [-0.2, 0) is 12.8 Å². The Morgan fingerprint density at radius 2 is 1.41 bits per heavy atom. The Morgan fingerprint density at radius 1 is 0.794 bits per heavy atom. The fraction of sp³-hybridized carbons (Fsp3) is 0.143. The van der Waals surface area contributed by atoms with Crippen LogP contribution in [0.15, 0.2) is 89.9 Å². The van der Waals surface area contributed by atoms with E-state index in [1.54, 1.807) is 18.8 Å². The highest BCUT2D eigenvalue weighted by Crippen LogP contribution is 2.25. The number of ether oxygens (including phenoxy) is 2. The van der Waals surface area contributed by atoms with Gasteiger partial charge in [0, 0.05) is 19.0 Å². The molecule has 0 bridgehead atoms. The van der Waals surface area contributed by atoms with E-state index in [4.69, 9.17) is 14.5 Å². The first-order chi connectivity index (χ1) is 16.6. The number of methoxy groups -OCH3 is 2. The number of H-pyrrole nitrogens is 1. The van der Waals surface area contributed by atoms with Gasteiger partial charge in [-0.15, -0.1) is 0 Å². The third-order valence-electron chi connectivity index (χ3n) is 5.90. The molecule has 34 heavy (non-hydrogen) atoms. The average molecular weight is 452 g/mol. The van der Waals surface area contributed by atoms with Crippen molar-refractivity contribution in [1.82, 2.24) is 14.5 Å². The second-order valence-corrected chi connectivity index (χ2v) is 8.12. The van der Waals surface area contributed by atoms with Gasteiger partial charge in [-0.25, -0.2) is 4.98 Å². The van der Waals surface area contributed by atoms with Gasteiger partial charge in [0.05, 0.1) is 25.6 Å². The summed E-state index contributed by atoms with van der Waals surface area (Å²) in [4.78, 5) is 21.7. The molecule has 170 valence electrons. The number of nitrogens with one attached hydrogen (secondary N) is 1. The zero-order valence-corrected chi connectivity index (χ0v) is 19.1. The van der Waals surface area contributed by atoms with Crippen LogP contribution in [0.1, 0.15) is 22.5 Å². The minimum Gasteiger partial charge on any atom is -0.497 e. The number of nitrogens with zero attached hydrogens (tertiary/aromatic N) is 2. The Balaban J connectivity index is 1.60. The molecule has 1 N–H and O–H groups in total. The van der Waals surface area contributed by atoms with Crippen LogP contribution in [-0.4, -0.2) is 28.8 Å². The van der Waals surface area contributed by atoms with Gasteiger partial charge in [-0.3, -0.25) is 9.36 Å². The van der Waals surface area contributed by atoms with E-state index in [9.17, 15) is 4.79 Å². The van der Waals surface area contributed by atoms with E-state index in [0.29, 0.717) is 24.4 Å². The molecule has 0 atom stereocenters. The fourth-order valence-electron chi connectivity index (χ4n) is 4.07. The zero-order chi connectivity index (χ0) is 23.5. The van der Waals surface area contributed by atoms with E-state index in [0.717, 1.165) is 39.6 Å². The number of imidazole rings is 1. The second kappa shape index (κ2) is 9.27. The van der Waals surface area contributed by atoms with Gasteiger partial charge in [-0.1, -0.05) is 42.5 Å². The highest BCUT2D eigenvalue weighted by atomic mass is 16.5. The van der Waals surface area contributed by atoms with Gasteiger partial charge in [0.2, 0.25) is 0 Å². The van der Waals surface area contributed by atoms with Gasteiger partial charge in [0.1, 0.15) is 17.2 Å². The topological polar surface area (TPSA) is 69.1 Å². The van der Waals surface area contributed by atoms with Crippen LogP contribution in [0, 0.1) is 0 Å². The van der Waals surface area contributed by atoms with Crippen LogP contribution in [0.4, 0.5) is 0 Å². The number of aromatic amines is 1. The van der Waals surface area contributed by atoms with Gasteiger partial charge < -0.3 is 14.5 Å². The van der Waals surface area contributed by atoms with Crippen molar-refractivity contribution in [3.63, 3.8) is 0 Å². The summed E-state index contributed by atoms with van der Waals surface area (Å²) < 4.78 is 12.2. The van der Waals surface area contributed by atoms with Crippen molar-refractivity contribution in [3.05, 3.63) is 118 Å². The van der Waals surface area contributed by atoms with Gasteiger partial charge in [-0.2, -0.15) is 0 Å². The number of rotatable bonds is 7. The normalized spacial score (nSPS) is 11.0. The van der Waals surface area contributed by atoms with Gasteiger partial charge in [0.25, 0.3) is 5.56 Å². The van der Waals surface area contributed by atoms with Crippen LogP contribution in [0.5, 0.6) is 11.5 Å². The first-order valence-electron chi connectivity index (χ1n) is 11.1. The molecular formula is C28H25N3O3. The number of aromatic nitrogens is 3. The summed E-state index contributed by atoms with van der Waals surface area (Å²) in [6, 6.07) is 25.6. The van der Waals surface area contributed by atoms with Crippen LogP contribution in [0.25, 0.3) is 17.1 Å². The molecule has 6 nitrogen and oxygen atoms in total. The third kappa shape index (κ3) is 4.30.